The highest BCUT2D eigenvalue weighted by Crippen LogP contribution is 2.26. The number of para-hydroxylation sites is 1. The Balaban J connectivity index is 2.08. The minimum atomic E-state index is -4.07. The number of carbonyl (C=O) groups excluding carboxylic acids is 2. The van der Waals surface area contributed by atoms with Crippen molar-refractivity contribution in [1.82, 2.24) is 10.2 Å². The van der Waals surface area contributed by atoms with E-state index >= 15 is 0 Å². The van der Waals surface area contributed by atoms with Crippen molar-refractivity contribution < 1.29 is 22.4 Å². The van der Waals surface area contributed by atoms with Crippen LogP contribution >= 0.6 is 23.2 Å². The number of hydrogen-bond acceptors (Lipinski definition) is 4. The number of nitrogens with one attached hydrogen (secondary N) is 1. The summed E-state index contributed by atoms with van der Waals surface area (Å²) in [6.45, 7) is 2.80. The third-order valence-corrected chi connectivity index (χ3v) is 7.70. The van der Waals surface area contributed by atoms with Crippen molar-refractivity contribution in [3.8, 4) is 0 Å². The first-order chi connectivity index (χ1) is 18.4. The Morgan fingerprint density at radius 1 is 0.923 bits per heavy atom. The summed E-state index contributed by atoms with van der Waals surface area (Å²) in [6.07, 6.45) is 1.05. The van der Waals surface area contributed by atoms with Gasteiger partial charge in [0.2, 0.25) is 21.8 Å². The van der Waals surface area contributed by atoms with Crippen molar-refractivity contribution in [1.29, 1.82) is 0 Å². The highest BCUT2D eigenvalue weighted by molar-refractivity contribution is 7.92. The van der Waals surface area contributed by atoms with Gasteiger partial charge in [-0.3, -0.25) is 13.9 Å². The standard InChI is InChI=1S/C28H30Cl2FN3O4S/c1-19(2)32-28(36)26(16-20-9-5-4-6-10-20)33(17-21-13-14-22(29)23(30)15-21)27(35)18-34(39(3,37)38)25-12-8-7-11-24(25)31/h4-15,19,26H,16-18H2,1-3H3,(H,32,36)/t26-/m0/s1. The second kappa shape index (κ2) is 13.3. The topological polar surface area (TPSA) is 86.8 Å². The van der Waals surface area contributed by atoms with Crippen molar-refractivity contribution in [3.05, 3.63) is 99.8 Å². The Kier molecular flexibility index (Phi) is 10.4. The van der Waals surface area contributed by atoms with Gasteiger partial charge in [0, 0.05) is 19.0 Å². The van der Waals surface area contributed by atoms with Crippen molar-refractivity contribution in [2.24, 2.45) is 0 Å². The average Bonchev–Trinajstić information content (AvgIpc) is 2.86. The smallest absolute Gasteiger partial charge is 0.244 e. The zero-order chi connectivity index (χ0) is 28.7. The van der Waals surface area contributed by atoms with E-state index in [2.05, 4.69) is 5.32 Å². The fraction of sp³-hybridized carbons (Fsp3) is 0.286. The van der Waals surface area contributed by atoms with E-state index in [1.54, 1.807) is 32.0 Å². The lowest BCUT2D eigenvalue weighted by molar-refractivity contribution is -0.140. The Labute approximate surface area is 238 Å². The predicted octanol–water partition coefficient (Wildman–Crippen LogP) is 5.06. The molecule has 7 nitrogen and oxygen atoms in total. The van der Waals surface area contributed by atoms with E-state index in [1.807, 2.05) is 30.3 Å². The van der Waals surface area contributed by atoms with E-state index in [0.717, 1.165) is 17.9 Å². The van der Waals surface area contributed by atoms with Crippen LogP contribution in [0.3, 0.4) is 0 Å². The van der Waals surface area contributed by atoms with Crippen LogP contribution in [-0.2, 0) is 32.6 Å². The zero-order valence-electron chi connectivity index (χ0n) is 21.8. The van der Waals surface area contributed by atoms with Crippen LogP contribution in [0.1, 0.15) is 25.0 Å². The van der Waals surface area contributed by atoms with Gasteiger partial charge in [0.15, 0.2) is 0 Å². The van der Waals surface area contributed by atoms with Gasteiger partial charge in [-0.05, 0) is 49.2 Å². The molecule has 2 amide bonds. The van der Waals surface area contributed by atoms with Gasteiger partial charge in [-0.15, -0.1) is 0 Å². The second-order valence-electron chi connectivity index (χ2n) is 9.36. The predicted molar refractivity (Wildman–Crippen MR) is 153 cm³/mol. The molecule has 0 aliphatic carbocycles. The molecular weight excluding hydrogens is 564 g/mol. The maximum absolute atomic E-state index is 14.6. The molecule has 3 rings (SSSR count). The van der Waals surface area contributed by atoms with E-state index < -0.39 is 40.2 Å². The molecule has 0 bridgehead atoms. The molecule has 0 spiro atoms. The molecule has 3 aromatic carbocycles. The Hall–Kier alpha value is -3.14. The van der Waals surface area contributed by atoms with Crippen LogP contribution in [0.2, 0.25) is 10.0 Å². The third-order valence-electron chi connectivity index (χ3n) is 5.84. The van der Waals surface area contributed by atoms with Gasteiger partial charge in [-0.2, -0.15) is 0 Å². The largest absolute Gasteiger partial charge is 0.352 e. The quantitative estimate of drug-likeness (QED) is 0.336. The number of hydrogen-bond donors (Lipinski definition) is 1. The maximum Gasteiger partial charge on any atom is 0.244 e. The highest BCUT2D eigenvalue weighted by atomic mass is 35.5. The zero-order valence-corrected chi connectivity index (χ0v) is 24.1. The fourth-order valence-electron chi connectivity index (χ4n) is 4.02. The summed E-state index contributed by atoms with van der Waals surface area (Å²) in [5.74, 6) is -1.92. The normalized spacial score (nSPS) is 12.2. The first-order valence-electron chi connectivity index (χ1n) is 12.2. The summed E-state index contributed by atoms with van der Waals surface area (Å²) in [7, 11) is -4.07. The van der Waals surface area contributed by atoms with E-state index in [9.17, 15) is 22.4 Å². The molecule has 1 atom stereocenters. The number of rotatable bonds is 11. The molecule has 0 fully saturated rings. The number of halogens is 3. The molecule has 0 radical (unpaired) electrons. The summed E-state index contributed by atoms with van der Waals surface area (Å²) in [4.78, 5) is 28.7. The molecule has 3 aromatic rings. The lowest BCUT2D eigenvalue weighted by Gasteiger charge is -2.34. The summed E-state index contributed by atoms with van der Waals surface area (Å²) in [5, 5.41) is 3.44. The second-order valence-corrected chi connectivity index (χ2v) is 12.1. The van der Waals surface area contributed by atoms with Gasteiger partial charge in [-0.25, -0.2) is 12.8 Å². The molecule has 208 valence electrons. The van der Waals surface area contributed by atoms with E-state index in [0.29, 0.717) is 14.9 Å². The minimum Gasteiger partial charge on any atom is -0.352 e. The lowest BCUT2D eigenvalue weighted by Crippen LogP contribution is -2.54. The van der Waals surface area contributed by atoms with Crippen LogP contribution in [-0.4, -0.2) is 50.0 Å². The molecule has 0 aliphatic rings. The fourth-order valence-corrected chi connectivity index (χ4v) is 5.19. The van der Waals surface area contributed by atoms with Gasteiger partial charge in [0.05, 0.1) is 22.0 Å². The van der Waals surface area contributed by atoms with Gasteiger partial charge >= 0.3 is 0 Å². The molecule has 0 aromatic heterocycles. The highest BCUT2D eigenvalue weighted by Gasteiger charge is 2.33. The summed E-state index contributed by atoms with van der Waals surface area (Å²) in [5.41, 5.74) is 1.10. The van der Waals surface area contributed by atoms with E-state index in [4.69, 9.17) is 23.2 Å². The Morgan fingerprint density at radius 3 is 2.15 bits per heavy atom. The van der Waals surface area contributed by atoms with Crippen LogP contribution in [0.15, 0.2) is 72.8 Å². The molecule has 0 saturated carbocycles. The molecule has 0 aliphatic heterocycles. The molecular formula is C28H30Cl2FN3O4S. The molecule has 39 heavy (non-hydrogen) atoms. The number of nitrogens with zero attached hydrogens (tertiary/aromatic N) is 2. The van der Waals surface area contributed by atoms with Crippen LogP contribution in [0.5, 0.6) is 0 Å². The van der Waals surface area contributed by atoms with Gasteiger partial charge in [0.1, 0.15) is 18.4 Å². The van der Waals surface area contributed by atoms with E-state index in [-0.39, 0.29) is 29.7 Å². The first-order valence-corrected chi connectivity index (χ1v) is 14.8. The van der Waals surface area contributed by atoms with Crippen molar-refractivity contribution in [2.45, 2.75) is 38.9 Å². The lowest BCUT2D eigenvalue weighted by atomic mass is 10.0. The van der Waals surface area contributed by atoms with Crippen LogP contribution < -0.4 is 9.62 Å². The van der Waals surface area contributed by atoms with Crippen molar-refractivity contribution in [2.75, 3.05) is 17.1 Å². The van der Waals surface area contributed by atoms with Gasteiger partial charge in [-0.1, -0.05) is 71.7 Å². The number of sulfonamides is 1. The van der Waals surface area contributed by atoms with Crippen LogP contribution in [0.25, 0.3) is 0 Å². The minimum absolute atomic E-state index is 0.0758. The SMILES string of the molecule is CC(C)NC(=O)[C@H](Cc1ccccc1)N(Cc1ccc(Cl)c(Cl)c1)C(=O)CN(c1ccccc1F)S(C)(=O)=O. The Morgan fingerprint density at radius 2 is 1.56 bits per heavy atom. The molecule has 11 heteroatoms. The molecule has 0 saturated heterocycles. The Bertz CT molecular complexity index is 1420. The van der Waals surface area contributed by atoms with Crippen molar-refractivity contribution in [3.63, 3.8) is 0 Å². The van der Waals surface area contributed by atoms with Crippen molar-refractivity contribution >= 4 is 50.7 Å². The first kappa shape index (κ1) is 30.4. The number of carbonyl (C=O) groups is 2. The summed E-state index contributed by atoms with van der Waals surface area (Å²) < 4.78 is 40.7. The average molecular weight is 595 g/mol. The maximum atomic E-state index is 14.6. The molecule has 0 heterocycles. The number of benzene rings is 3. The summed E-state index contributed by atoms with van der Waals surface area (Å²) in [6, 6.07) is 18.0. The molecule has 0 unspecified atom stereocenters. The van der Waals surface area contributed by atoms with E-state index in [1.165, 1.54) is 23.1 Å². The van der Waals surface area contributed by atoms with Gasteiger partial charge < -0.3 is 10.2 Å². The number of amides is 2. The summed E-state index contributed by atoms with van der Waals surface area (Å²) >= 11 is 12.3. The van der Waals surface area contributed by atoms with Gasteiger partial charge in [0.25, 0.3) is 0 Å². The number of anilines is 1. The van der Waals surface area contributed by atoms with Crippen LogP contribution in [0, 0.1) is 5.82 Å². The monoisotopic (exact) mass is 593 g/mol. The third kappa shape index (κ3) is 8.42. The molecule has 1 N–H and O–H groups in total. The van der Waals surface area contributed by atoms with Crippen LogP contribution in [0.4, 0.5) is 10.1 Å².